The molecular weight excluding hydrogens is 388 g/mol. The minimum atomic E-state index is -0.922. The van der Waals surface area contributed by atoms with Crippen molar-refractivity contribution in [3.05, 3.63) is 57.1 Å². The predicted octanol–water partition coefficient (Wildman–Crippen LogP) is 3.04. The van der Waals surface area contributed by atoms with Gasteiger partial charge in [-0.3, -0.25) is 14.5 Å². The second kappa shape index (κ2) is 6.63. The van der Waals surface area contributed by atoms with Gasteiger partial charge in [0.2, 0.25) is 10.9 Å². The van der Waals surface area contributed by atoms with E-state index in [1.54, 1.807) is 34.5 Å². The van der Waals surface area contributed by atoms with Crippen molar-refractivity contribution in [2.45, 2.75) is 6.04 Å². The van der Waals surface area contributed by atoms with E-state index in [4.69, 9.17) is 4.42 Å². The Kier molecular flexibility index (Phi) is 4.28. The molecule has 0 aliphatic carbocycles. The van der Waals surface area contributed by atoms with E-state index in [1.165, 1.54) is 21.7 Å². The highest BCUT2D eigenvalue weighted by Crippen LogP contribution is 2.43. The Hall–Kier alpha value is -2.98. The number of carbonyl (C=O) groups is 2. The summed E-state index contributed by atoms with van der Waals surface area (Å²) >= 11 is 2.37. The molecule has 0 saturated heterocycles. The number of hydrogen-bond acceptors (Lipinski definition) is 9. The van der Waals surface area contributed by atoms with Crippen LogP contribution in [0.15, 0.2) is 50.9 Å². The molecular formula is C17H14N4O4S2. The zero-order chi connectivity index (χ0) is 19.1. The molecule has 0 bridgehead atoms. The monoisotopic (exact) mass is 402 g/mol. The number of nitrogens with zero attached hydrogens (tertiary/aromatic N) is 4. The smallest absolute Gasteiger partial charge is 0.296 e. The molecule has 10 heteroatoms. The van der Waals surface area contributed by atoms with Gasteiger partial charge in [-0.15, -0.1) is 21.5 Å². The molecule has 8 nitrogen and oxygen atoms in total. The topological polar surface area (TPSA) is 99.8 Å². The van der Waals surface area contributed by atoms with E-state index in [-0.39, 0.29) is 10.7 Å². The molecule has 1 aliphatic rings. The molecule has 4 rings (SSSR count). The maximum atomic E-state index is 13.0. The summed E-state index contributed by atoms with van der Waals surface area (Å²) in [5.74, 6) is -0.818. The van der Waals surface area contributed by atoms with Gasteiger partial charge in [-0.1, -0.05) is 17.4 Å². The largest absolute Gasteiger partial charge is 0.503 e. The molecule has 138 valence electrons. The number of amides is 1. The van der Waals surface area contributed by atoms with E-state index in [1.807, 2.05) is 14.1 Å². The summed E-state index contributed by atoms with van der Waals surface area (Å²) in [5.41, 5.74) is 1.45. The summed E-state index contributed by atoms with van der Waals surface area (Å²) in [5, 5.41) is 20.2. The van der Waals surface area contributed by atoms with Crippen LogP contribution in [0.3, 0.4) is 0 Å². The number of hydrogen-bond donors (Lipinski definition) is 1. The molecule has 1 amide bonds. The van der Waals surface area contributed by atoms with Crippen LogP contribution in [0.1, 0.15) is 21.5 Å². The first-order valence-electron chi connectivity index (χ1n) is 7.87. The van der Waals surface area contributed by atoms with E-state index in [0.29, 0.717) is 16.5 Å². The summed E-state index contributed by atoms with van der Waals surface area (Å²) < 4.78 is 5.85. The van der Waals surface area contributed by atoms with Gasteiger partial charge in [0.15, 0.2) is 11.6 Å². The van der Waals surface area contributed by atoms with Gasteiger partial charge in [-0.2, -0.15) is 0 Å². The van der Waals surface area contributed by atoms with E-state index in [0.717, 1.165) is 11.3 Å². The van der Waals surface area contributed by atoms with Gasteiger partial charge in [0, 0.05) is 20.2 Å². The second-order valence-electron chi connectivity index (χ2n) is 5.94. The molecule has 0 aromatic carbocycles. The number of aliphatic hydroxyl groups excluding tert-OH is 1. The van der Waals surface area contributed by atoms with Gasteiger partial charge in [0.25, 0.3) is 5.91 Å². The fourth-order valence-electron chi connectivity index (χ4n) is 2.85. The molecule has 4 heterocycles. The predicted molar refractivity (Wildman–Crippen MR) is 101 cm³/mol. The molecule has 1 unspecified atom stereocenters. The quantitative estimate of drug-likeness (QED) is 0.655. The first-order valence-corrected chi connectivity index (χ1v) is 9.63. The standard InChI is InChI=1S/C17H14N4O4S2/c1-20(2)11-6-5-9(25-11)13-12(14(22)10-4-3-7-26-10)15(23)16(24)21(13)17-19-18-8-27-17/h3-8,13,23H,1-2H3. The molecule has 1 aliphatic heterocycles. The van der Waals surface area contributed by atoms with Crippen LogP contribution in [0.4, 0.5) is 11.0 Å². The number of thiophene rings is 1. The molecule has 0 fully saturated rings. The summed E-state index contributed by atoms with van der Waals surface area (Å²) in [6.07, 6.45) is 0. The molecule has 27 heavy (non-hydrogen) atoms. The third-order valence-electron chi connectivity index (χ3n) is 4.08. The molecule has 1 N–H and O–H groups in total. The van der Waals surface area contributed by atoms with Gasteiger partial charge in [0.1, 0.15) is 17.3 Å². The summed E-state index contributed by atoms with van der Waals surface area (Å²) in [6, 6.07) is 5.88. The number of furan rings is 1. The average Bonchev–Trinajstić information content (AvgIpc) is 3.43. The van der Waals surface area contributed by atoms with Gasteiger partial charge >= 0.3 is 0 Å². The lowest BCUT2D eigenvalue weighted by Crippen LogP contribution is -2.30. The second-order valence-corrected chi connectivity index (χ2v) is 7.70. The highest BCUT2D eigenvalue weighted by molar-refractivity contribution is 7.13. The maximum Gasteiger partial charge on any atom is 0.296 e. The van der Waals surface area contributed by atoms with Crippen molar-refractivity contribution < 1.29 is 19.1 Å². The van der Waals surface area contributed by atoms with Crippen LogP contribution in [0, 0.1) is 0 Å². The van der Waals surface area contributed by atoms with Crippen molar-refractivity contribution in [1.82, 2.24) is 10.2 Å². The van der Waals surface area contributed by atoms with Crippen LogP contribution in [0.5, 0.6) is 0 Å². The lowest BCUT2D eigenvalue weighted by molar-refractivity contribution is -0.117. The van der Waals surface area contributed by atoms with Crippen molar-refractivity contribution in [1.29, 1.82) is 0 Å². The highest BCUT2D eigenvalue weighted by atomic mass is 32.1. The number of rotatable bonds is 5. The SMILES string of the molecule is CN(C)c1ccc(C2C(C(=O)c3cccs3)=C(O)C(=O)N2c2nncs2)o1. The minimum Gasteiger partial charge on any atom is -0.503 e. The number of anilines is 2. The van der Waals surface area contributed by atoms with Crippen molar-refractivity contribution in [3.8, 4) is 0 Å². The van der Waals surface area contributed by atoms with Crippen LogP contribution >= 0.6 is 22.7 Å². The Balaban J connectivity index is 1.86. The van der Waals surface area contributed by atoms with E-state index in [2.05, 4.69) is 10.2 Å². The lowest BCUT2D eigenvalue weighted by atomic mass is 10.0. The van der Waals surface area contributed by atoms with Crippen LogP contribution in [-0.2, 0) is 4.79 Å². The average molecular weight is 402 g/mol. The number of carbonyl (C=O) groups excluding carboxylic acids is 2. The normalized spacial score (nSPS) is 17.0. The number of aliphatic hydroxyl groups is 1. The minimum absolute atomic E-state index is 0.0303. The third-order valence-corrected chi connectivity index (χ3v) is 5.63. The third kappa shape index (κ3) is 2.82. The molecule has 1 atom stereocenters. The van der Waals surface area contributed by atoms with Gasteiger partial charge in [-0.25, -0.2) is 0 Å². The fraction of sp³-hybridized carbons (Fsp3) is 0.176. The first kappa shape index (κ1) is 17.4. The number of Topliss-reactive ketones (excluding diaryl/α,β-unsaturated/α-hetero) is 1. The van der Waals surface area contributed by atoms with Crippen molar-refractivity contribution in [2.75, 3.05) is 23.9 Å². The molecule has 3 aromatic rings. The first-order chi connectivity index (χ1) is 13.0. The Labute approximate surface area is 162 Å². The zero-order valence-electron chi connectivity index (χ0n) is 14.3. The fourth-order valence-corrected chi connectivity index (χ4v) is 4.11. The highest BCUT2D eigenvalue weighted by Gasteiger charge is 2.47. The van der Waals surface area contributed by atoms with Gasteiger partial charge in [-0.05, 0) is 17.5 Å². The number of aromatic nitrogens is 2. The Morgan fingerprint density at radius 3 is 2.70 bits per heavy atom. The summed E-state index contributed by atoms with van der Waals surface area (Å²) in [4.78, 5) is 29.2. The van der Waals surface area contributed by atoms with E-state index >= 15 is 0 Å². The summed E-state index contributed by atoms with van der Waals surface area (Å²) in [7, 11) is 3.63. The molecule has 0 spiro atoms. The van der Waals surface area contributed by atoms with Crippen LogP contribution in [0.25, 0.3) is 0 Å². The Bertz CT molecular complexity index is 1020. The molecule has 0 saturated carbocycles. The van der Waals surface area contributed by atoms with Gasteiger partial charge < -0.3 is 14.4 Å². The molecule has 3 aromatic heterocycles. The van der Waals surface area contributed by atoms with Crippen molar-refractivity contribution in [2.24, 2.45) is 0 Å². The van der Waals surface area contributed by atoms with Crippen molar-refractivity contribution in [3.63, 3.8) is 0 Å². The Morgan fingerprint density at radius 1 is 1.30 bits per heavy atom. The Morgan fingerprint density at radius 2 is 2.11 bits per heavy atom. The van der Waals surface area contributed by atoms with E-state index < -0.39 is 23.5 Å². The number of ketones is 1. The van der Waals surface area contributed by atoms with E-state index in [9.17, 15) is 14.7 Å². The zero-order valence-corrected chi connectivity index (χ0v) is 16.0. The van der Waals surface area contributed by atoms with Crippen LogP contribution in [-0.4, -0.2) is 41.1 Å². The van der Waals surface area contributed by atoms with Crippen LogP contribution < -0.4 is 9.80 Å². The van der Waals surface area contributed by atoms with Crippen molar-refractivity contribution >= 4 is 45.4 Å². The molecule has 0 radical (unpaired) electrons. The summed E-state index contributed by atoms with van der Waals surface area (Å²) in [6.45, 7) is 0. The van der Waals surface area contributed by atoms with Gasteiger partial charge in [0.05, 0.1) is 10.5 Å². The lowest BCUT2D eigenvalue weighted by Gasteiger charge is -2.21. The maximum absolute atomic E-state index is 13.0. The van der Waals surface area contributed by atoms with Crippen LogP contribution in [0.2, 0.25) is 0 Å².